The van der Waals surface area contributed by atoms with Gasteiger partial charge in [0.15, 0.2) is 0 Å². The van der Waals surface area contributed by atoms with E-state index < -0.39 is 61.1 Å². The van der Waals surface area contributed by atoms with Crippen LogP contribution in [0.4, 0.5) is 0 Å². The minimum absolute atomic E-state index is 0.000872. The zero-order valence-corrected chi connectivity index (χ0v) is 18.3. The lowest BCUT2D eigenvalue weighted by molar-refractivity contribution is -0.143. The summed E-state index contributed by atoms with van der Waals surface area (Å²) in [7, 11) is 0. The topological polar surface area (TPSA) is 217 Å². The molecule has 0 aliphatic rings. The molecule has 184 valence electrons. The first-order valence-electron chi connectivity index (χ1n) is 10.6. The third-order valence-electron chi connectivity index (χ3n) is 4.83. The quantitative estimate of drug-likeness (QED) is 0.125. The van der Waals surface area contributed by atoms with E-state index in [-0.39, 0.29) is 6.42 Å². The maximum Gasteiger partial charge on any atom is 0.328 e. The summed E-state index contributed by atoms with van der Waals surface area (Å²) in [6.07, 6.45) is 1.66. The molecule has 3 amide bonds. The number of benzene rings is 1. The number of aliphatic hydroxyl groups excluding tert-OH is 2. The van der Waals surface area contributed by atoms with Crippen LogP contribution in [0.15, 0.2) is 30.3 Å². The zero-order valence-electron chi connectivity index (χ0n) is 18.3. The molecular weight excluding hydrogens is 434 g/mol. The summed E-state index contributed by atoms with van der Waals surface area (Å²) < 4.78 is 0. The second kappa shape index (κ2) is 14.9. The van der Waals surface area contributed by atoms with E-state index >= 15 is 0 Å². The number of hydrogen-bond donors (Lipinski definition) is 8. The van der Waals surface area contributed by atoms with Crippen LogP contribution in [-0.2, 0) is 25.6 Å². The summed E-state index contributed by atoms with van der Waals surface area (Å²) in [6, 6.07) is 3.55. The minimum atomic E-state index is -1.56. The van der Waals surface area contributed by atoms with Gasteiger partial charge in [0.25, 0.3) is 0 Å². The molecule has 1 aromatic carbocycles. The number of amides is 3. The van der Waals surface area contributed by atoms with Crippen LogP contribution < -0.4 is 27.4 Å². The fourth-order valence-corrected chi connectivity index (χ4v) is 2.90. The summed E-state index contributed by atoms with van der Waals surface area (Å²) >= 11 is 0. The Morgan fingerprint density at radius 1 is 0.818 bits per heavy atom. The summed E-state index contributed by atoms with van der Waals surface area (Å²) in [5.41, 5.74) is 11.9. The average Bonchev–Trinajstić information content (AvgIpc) is 2.80. The third kappa shape index (κ3) is 9.95. The van der Waals surface area contributed by atoms with E-state index in [0.717, 1.165) is 0 Å². The highest BCUT2D eigenvalue weighted by Gasteiger charge is 2.30. The normalized spacial score (nSPS) is 14.4. The van der Waals surface area contributed by atoms with Crippen molar-refractivity contribution in [1.29, 1.82) is 0 Å². The SMILES string of the molecule is NCCCCC(N)C(=O)NC(CO)C(=O)NC(Cc1ccccc1)C(=O)NC(CO)C(=O)O. The fraction of sp³-hybridized carbons (Fsp3) is 0.524. The Morgan fingerprint density at radius 3 is 1.91 bits per heavy atom. The number of rotatable bonds is 15. The molecule has 12 heteroatoms. The minimum Gasteiger partial charge on any atom is -0.480 e. The predicted molar refractivity (Wildman–Crippen MR) is 119 cm³/mol. The van der Waals surface area contributed by atoms with Crippen molar-refractivity contribution in [2.75, 3.05) is 19.8 Å². The number of carboxylic acids is 1. The van der Waals surface area contributed by atoms with Crippen LogP contribution in [-0.4, -0.2) is 82.9 Å². The molecule has 0 heterocycles. The van der Waals surface area contributed by atoms with Gasteiger partial charge in [0.05, 0.1) is 19.3 Å². The number of carboxylic acid groups (broad SMARTS) is 1. The van der Waals surface area contributed by atoms with Crippen LogP contribution in [0, 0.1) is 0 Å². The smallest absolute Gasteiger partial charge is 0.328 e. The van der Waals surface area contributed by atoms with E-state index in [1.54, 1.807) is 30.3 Å². The second-order valence-corrected chi connectivity index (χ2v) is 7.47. The predicted octanol–water partition coefficient (Wildman–Crippen LogP) is -2.79. The number of aliphatic hydroxyl groups is 2. The molecule has 33 heavy (non-hydrogen) atoms. The Kier molecular flexibility index (Phi) is 12.6. The van der Waals surface area contributed by atoms with Gasteiger partial charge >= 0.3 is 5.97 Å². The molecule has 12 nitrogen and oxygen atoms in total. The molecule has 10 N–H and O–H groups in total. The van der Waals surface area contributed by atoms with E-state index in [4.69, 9.17) is 16.6 Å². The molecule has 0 aliphatic carbocycles. The summed E-state index contributed by atoms with van der Waals surface area (Å²) in [5, 5.41) is 34.8. The van der Waals surface area contributed by atoms with Crippen molar-refractivity contribution in [2.24, 2.45) is 11.5 Å². The largest absolute Gasteiger partial charge is 0.480 e. The number of nitrogens with one attached hydrogen (secondary N) is 3. The summed E-state index contributed by atoms with van der Waals surface area (Å²) in [6.45, 7) is -1.13. The van der Waals surface area contributed by atoms with E-state index in [1.807, 2.05) is 0 Å². The van der Waals surface area contributed by atoms with Crippen LogP contribution in [0.2, 0.25) is 0 Å². The van der Waals surface area contributed by atoms with Gasteiger partial charge in [-0.2, -0.15) is 0 Å². The maximum absolute atomic E-state index is 12.7. The Morgan fingerprint density at radius 2 is 1.36 bits per heavy atom. The number of nitrogens with two attached hydrogens (primary N) is 2. The van der Waals surface area contributed by atoms with Crippen LogP contribution in [0.3, 0.4) is 0 Å². The first kappa shape index (κ1) is 28.0. The molecule has 0 radical (unpaired) electrons. The van der Waals surface area contributed by atoms with Gasteiger partial charge in [0.2, 0.25) is 17.7 Å². The molecule has 4 unspecified atom stereocenters. The van der Waals surface area contributed by atoms with Gasteiger partial charge in [-0.1, -0.05) is 36.8 Å². The number of hydrogen-bond acceptors (Lipinski definition) is 8. The van der Waals surface area contributed by atoms with Gasteiger partial charge in [0, 0.05) is 6.42 Å². The lowest BCUT2D eigenvalue weighted by Crippen LogP contribution is -2.58. The van der Waals surface area contributed by atoms with Crippen molar-refractivity contribution in [3.8, 4) is 0 Å². The third-order valence-corrected chi connectivity index (χ3v) is 4.83. The molecule has 1 aromatic rings. The number of carbonyl (C=O) groups is 4. The Labute approximate surface area is 191 Å². The standard InChI is InChI=1S/C21H33N5O7/c22-9-5-4-8-14(23)18(29)25-16(11-27)20(31)24-15(10-13-6-2-1-3-7-13)19(30)26-17(12-28)21(32)33/h1-3,6-7,14-17,27-28H,4-5,8-12,22-23H2,(H,24,31)(H,25,29)(H,26,30)(H,32,33). The lowest BCUT2D eigenvalue weighted by atomic mass is 10.0. The number of carbonyl (C=O) groups excluding carboxylic acids is 3. The Balaban J connectivity index is 2.89. The molecule has 0 saturated carbocycles. The lowest BCUT2D eigenvalue weighted by Gasteiger charge is -2.24. The highest BCUT2D eigenvalue weighted by molar-refractivity contribution is 5.94. The zero-order chi connectivity index (χ0) is 24.8. The van der Waals surface area contributed by atoms with Gasteiger partial charge in [-0.3, -0.25) is 14.4 Å². The molecule has 0 spiro atoms. The van der Waals surface area contributed by atoms with Crippen LogP contribution in [0.1, 0.15) is 24.8 Å². The molecule has 0 aliphatic heterocycles. The van der Waals surface area contributed by atoms with Gasteiger partial charge in [-0.15, -0.1) is 0 Å². The van der Waals surface area contributed by atoms with Crippen molar-refractivity contribution in [2.45, 2.75) is 49.9 Å². The first-order valence-corrected chi connectivity index (χ1v) is 10.6. The van der Waals surface area contributed by atoms with Crippen molar-refractivity contribution < 1.29 is 34.5 Å². The molecule has 4 atom stereocenters. The highest BCUT2D eigenvalue weighted by atomic mass is 16.4. The Bertz CT molecular complexity index is 778. The number of unbranched alkanes of at least 4 members (excludes halogenated alkanes) is 1. The van der Waals surface area contributed by atoms with E-state index in [9.17, 15) is 29.4 Å². The first-order chi connectivity index (χ1) is 15.7. The second-order valence-electron chi connectivity index (χ2n) is 7.47. The molecule has 1 rings (SSSR count). The van der Waals surface area contributed by atoms with Crippen molar-refractivity contribution in [3.05, 3.63) is 35.9 Å². The van der Waals surface area contributed by atoms with Gasteiger partial charge in [0.1, 0.15) is 18.1 Å². The molecule has 0 bridgehead atoms. The van der Waals surface area contributed by atoms with Gasteiger partial charge in [-0.25, -0.2) is 4.79 Å². The van der Waals surface area contributed by atoms with E-state index in [1.165, 1.54) is 0 Å². The fourth-order valence-electron chi connectivity index (χ4n) is 2.90. The molecular formula is C21H33N5O7. The maximum atomic E-state index is 12.7. The van der Waals surface area contributed by atoms with Crippen LogP contribution in [0.25, 0.3) is 0 Å². The molecule has 0 fully saturated rings. The molecule has 0 aromatic heterocycles. The van der Waals surface area contributed by atoms with E-state index in [2.05, 4.69) is 16.0 Å². The highest BCUT2D eigenvalue weighted by Crippen LogP contribution is 2.05. The van der Waals surface area contributed by atoms with Crippen molar-refractivity contribution in [1.82, 2.24) is 16.0 Å². The van der Waals surface area contributed by atoms with Crippen molar-refractivity contribution in [3.63, 3.8) is 0 Å². The van der Waals surface area contributed by atoms with E-state index in [0.29, 0.717) is 31.4 Å². The van der Waals surface area contributed by atoms with Crippen molar-refractivity contribution >= 4 is 23.7 Å². The van der Waals surface area contributed by atoms with Crippen LogP contribution >= 0.6 is 0 Å². The average molecular weight is 468 g/mol. The Hall–Kier alpha value is -3.06. The summed E-state index contributed by atoms with van der Waals surface area (Å²) in [4.78, 5) is 48.8. The summed E-state index contributed by atoms with van der Waals surface area (Å²) in [5.74, 6) is -3.79. The van der Waals surface area contributed by atoms with Gasteiger partial charge < -0.3 is 42.7 Å². The van der Waals surface area contributed by atoms with Crippen LogP contribution in [0.5, 0.6) is 0 Å². The van der Waals surface area contributed by atoms with Gasteiger partial charge in [-0.05, 0) is 24.9 Å². The molecule has 0 saturated heterocycles. The number of aliphatic carboxylic acids is 1. The monoisotopic (exact) mass is 467 g/mol.